The van der Waals surface area contributed by atoms with Gasteiger partial charge in [0.25, 0.3) is 0 Å². The van der Waals surface area contributed by atoms with Gasteiger partial charge in [0.15, 0.2) is 0 Å². The molecule has 1 aromatic heterocycles. The molecule has 0 fully saturated rings. The number of carbonyl (C=O) groups is 1. The van der Waals surface area contributed by atoms with Crippen molar-refractivity contribution in [2.24, 2.45) is 0 Å². The van der Waals surface area contributed by atoms with Gasteiger partial charge in [-0.05, 0) is 42.7 Å². The Morgan fingerprint density at radius 1 is 1.16 bits per heavy atom. The number of hydrogen-bond acceptors (Lipinski definition) is 1. The first-order chi connectivity index (χ1) is 12.1. The van der Waals surface area contributed by atoms with E-state index in [-0.39, 0.29) is 17.9 Å². The SMILES string of the molecule is CCC(C)NC(=O)CC(c1ccc(Cl)cc1)c1c[nH]c2ccccc12. The highest BCUT2D eigenvalue weighted by Crippen LogP contribution is 2.33. The van der Waals surface area contributed by atoms with Crippen LogP contribution in [-0.2, 0) is 4.79 Å². The van der Waals surface area contributed by atoms with Crippen molar-refractivity contribution in [1.29, 1.82) is 0 Å². The number of aromatic amines is 1. The van der Waals surface area contributed by atoms with Crippen LogP contribution < -0.4 is 5.32 Å². The fourth-order valence-electron chi connectivity index (χ4n) is 3.11. The lowest BCUT2D eigenvalue weighted by molar-refractivity contribution is -0.121. The van der Waals surface area contributed by atoms with Gasteiger partial charge in [-0.15, -0.1) is 0 Å². The summed E-state index contributed by atoms with van der Waals surface area (Å²) < 4.78 is 0. The first-order valence-electron chi connectivity index (χ1n) is 8.69. The summed E-state index contributed by atoms with van der Waals surface area (Å²) in [7, 11) is 0. The Labute approximate surface area is 153 Å². The van der Waals surface area contributed by atoms with Crippen molar-refractivity contribution in [2.45, 2.75) is 38.6 Å². The van der Waals surface area contributed by atoms with E-state index in [4.69, 9.17) is 11.6 Å². The maximum Gasteiger partial charge on any atom is 0.221 e. The molecule has 2 N–H and O–H groups in total. The monoisotopic (exact) mass is 354 g/mol. The molecular weight excluding hydrogens is 332 g/mol. The van der Waals surface area contributed by atoms with Crippen LogP contribution >= 0.6 is 11.6 Å². The van der Waals surface area contributed by atoms with E-state index in [2.05, 4.69) is 29.4 Å². The summed E-state index contributed by atoms with van der Waals surface area (Å²) in [6.45, 7) is 4.10. The van der Waals surface area contributed by atoms with Gasteiger partial charge < -0.3 is 10.3 Å². The molecule has 2 atom stereocenters. The summed E-state index contributed by atoms with van der Waals surface area (Å²) in [6, 6.07) is 16.1. The van der Waals surface area contributed by atoms with E-state index in [9.17, 15) is 4.79 Å². The van der Waals surface area contributed by atoms with Crippen molar-refractivity contribution in [3.8, 4) is 0 Å². The summed E-state index contributed by atoms with van der Waals surface area (Å²) in [5, 5.41) is 4.93. The Balaban J connectivity index is 1.97. The van der Waals surface area contributed by atoms with Crippen molar-refractivity contribution in [2.75, 3.05) is 0 Å². The lowest BCUT2D eigenvalue weighted by Gasteiger charge is -2.19. The van der Waals surface area contributed by atoms with Crippen molar-refractivity contribution < 1.29 is 4.79 Å². The number of halogens is 1. The molecule has 0 saturated carbocycles. The minimum atomic E-state index is -0.0162. The highest BCUT2D eigenvalue weighted by atomic mass is 35.5. The van der Waals surface area contributed by atoms with Crippen LogP contribution in [0.25, 0.3) is 10.9 Å². The standard InChI is InChI=1S/C21H23ClN2O/c1-3-14(2)24-21(25)12-18(15-8-10-16(22)11-9-15)19-13-23-20-7-5-4-6-17(19)20/h4-11,13-14,18,23H,3,12H2,1-2H3,(H,24,25). The highest BCUT2D eigenvalue weighted by molar-refractivity contribution is 6.30. The number of H-pyrrole nitrogens is 1. The second-order valence-electron chi connectivity index (χ2n) is 6.47. The van der Waals surface area contributed by atoms with E-state index in [0.717, 1.165) is 28.5 Å². The van der Waals surface area contributed by atoms with E-state index in [1.165, 1.54) is 0 Å². The van der Waals surface area contributed by atoms with Crippen molar-refractivity contribution in [3.05, 3.63) is 70.9 Å². The summed E-state index contributed by atoms with van der Waals surface area (Å²) in [4.78, 5) is 15.9. The van der Waals surface area contributed by atoms with Crippen molar-refractivity contribution >= 4 is 28.4 Å². The number of nitrogens with one attached hydrogen (secondary N) is 2. The Morgan fingerprint density at radius 3 is 2.60 bits per heavy atom. The third-order valence-electron chi connectivity index (χ3n) is 4.68. The molecule has 1 amide bonds. The van der Waals surface area contributed by atoms with Crippen LogP contribution in [0, 0.1) is 0 Å². The zero-order valence-corrected chi connectivity index (χ0v) is 15.3. The van der Waals surface area contributed by atoms with Crippen molar-refractivity contribution in [3.63, 3.8) is 0 Å². The van der Waals surface area contributed by atoms with Crippen LogP contribution in [0.1, 0.15) is 43.7 Å². The van der Waals surface area contributed by atoms with E-state index < -0.39 is 0 Å². The Bertz CT molecular complexity index is 854. The third kappa shape index (κ3) is 4.05. The quantitative estimate of drug-likeness (QED) is 0.623. The number of hydrogen-bond donors (Lipinski definition) is 2. The number of aromatic nitrogens is 1. The molecule has 3 rings (SSSR count). The molecule has 4 heteroatoms. The van der Waals surface area contributed by atoms with Gasteiger partial charge in [-0.1, -0.05) is 48.9 Å². The lowest BCUT2D eigenvalue weighted by atomic mass is 9.88. The van der Waals surface area contributed by atoms with Crippen LogP contribution in [0.5, 0.6) is 0 Å². The molecule has 25 heavy (non-hydrogen) atoms. The molecule has 130 valence electrons. The molecule has 1 heterocycles. The summed E-state index contributed by atoms with van der Waals surface area (Å²) >= 11 is 6.04. The van der Waals surface area contributed by atoms with Gasteiger partial charge in [-0.25, -0.2) is 0 Å². The molecule has 0 radical (unpaired) electrons. The molecule has 0 saturated heterocycles. The van der Waals surface area contributed by atoms with Crippen LogP contribution in [0.2, 0.25) is 5.02 Å². The van der Waals surface area contributed by atoms with Crippen molar-refractivity contribution in [1.82, 2.24) is 10.3 Å². The molecular formula is C21H23ClN2O. The fourth-order valence-corrected chi connectivity index (χ4v) is 3.23. The van der Waals surface area contributed by atoms with Gasteiger partial charge in [-0.2, -0.15) is 0 Å². The topological polar surface area (TPSA) is 44.9 Å². The van der Waals surface area contributed by atoms with Crippen LogP contribution in [0.4, 0.5) is 0 Å². The van der Waals surface area contributed by atoms with E-state index in [1.807, 2.05) is 49.5 Å². The maximum absolute atomic E-state index is 12.5. The Hall–Kier alpha value is -2.26. The zero-order valence-electron chi connectivity index (χ0n) is 14.6. The second-order valence-corrected chi connectivity index (χ2v) is 6.91. The molecule has 0 bridgehead atoms. The van der Waals surface area contributed by atoms with Crippen LogP contribution in [0.15, 0.2) is 54.7 Å². The predicted octanol–water partition coefficient (Wildman–Crippen LogP) is 5.26. The number of carbonyl (C=O) groups excluding carboxylic acids is 1. The lowest BCUT2D eigenvalue weighted by Crippen LogP contribution is -2.33. The first-order valence-corrected chi connectivity index (χ1v) is 9.07. The fraction of sp³-hybridized carbons (Fsp3) is 0.286. The Morgan fingerprint density at radius 2 is 1.88 bits per heavy atom. The molecule has 0 spiro atoms. The van der Waals surface area contributed by atoms with Gasteiger partial charge >= 0.3 is 0 Å². The smallest absolute Gasteiger partial charge is 0.221 e. The number of amides is 1. The first kappa shape index (κ1) is 17.6. The minimum absolute atomic E-state index is 0.0162. The van der Waals surface area contributed by atoms with Gasteiger partial charge in [0.05, 0.1) is 0 Å². The van der Waals surface area contributed by atoms with Gasteiger partial charge in [-0.3, -0.25) is 4.79 Å². The van der Waals surface area contributed by atoms with E-state index >= 15 is 0 Å². The maximum atomic E-state index is 12.5. The summed E-state index contributed by atoms with van der Waals surface area (Å²) in [5.41, 5.74) is 3.31. The molecule has 2 aromatic carbocycles. The number of fused-ring (bicyclic) bond motifs is 1. The minimum Gasteiger partial charge on any atom is -0.361 e. The van der Waals surface area contributed by atoms with Gasteiger partial charge in [0.2, 0.25) is 5.91 Å². The van der Waals surface area contributed by atoms with E-state index in [1.54, 1.807) is 0 Å². The zero-order chi connectivity index (χ0) is 17.8. The molecule has 0 aliphatic heterocycles. The average molecular weight is 355 g/mol. The molecule has 2 unspecified atom stereocenters. The third-order valence-corrected chi connectivity index (χ3v) is 4.93. The molecule has 3 nitrogen and oxygen atoms in total. The number of para-hydroxylation sites is 1. The molecule has 0 aliphatic rings. The highest BCUT2D eigenvalue weighted by Gasteiger charge is 2.22. The van der Waals surface area contributed by atoms with Crippen LogP contribution in [0.3, 0.4) is 0 Å². The Kier molecular flexibility index (Phi) is 5.44. The average Bonchev–Trinajstić information content (AvgIpc) is 3.04. The second kappa shape index (κ2) is 7.75. The van der Waals surface area contributed by atoms with Gasteiger partial charge in [0, 0.05) is 40.5 Å². The summed E-state index contributed by atoms with van der Waals surface area (Å²) in [6.07, 6.45) is 3.35. The number of benzene rings is 2. The summed E-state index contributed by atoms with van der Waals surface area (Å²) in [5.74, 6) is 0.0528. The van der Waals surface area contributed by atoms with E-state index in [0.29, 0.717) is 11.4 Å². The largest absolute Gasteiger partial charge is 0.361 e. The normalized spacial score (nSPS) is 13.6. The molecule has 3 aromatic rings. The van der Waals surface area contributed by atoms with Crippen LogP contribution in [-0.4, -0.2) is 16.9 Å². The number of rotatable bonds is 6. The molecule has 0 aliphatic carbocycles. The van der Waals surface area contributed by atoms with Gasteiger partial charge in [0.1, 0.15) is 0 Å². The predicted molar refractivity (Wildman–Crippen MR) is 104 cm³/mol.